The molecular weight excluding hydrogens is 230 g/mol. The van der Waals surface area contributed by atoms with Crippen LogP contribution in [0.2, 0.25) is 0 Å². The number of hydrogen-bond acceptors (Lipinski definition) is 5. The zero-order valence-electron chi connectivity index (χ0n) is 11.5. The van der Waals surface area contributed by atoms with E-state index in [0.29, 0.717) is 17.3 Å². The second-order valence-corrected chi connectivity index (χ2v) is 5.30. The molecule has 1 aromatic rings. The first-order valence-electron chi connectivity index (χ1n) is 5.87. The highest BCUT2D eigenvalue weighted by Gasteiger charge is 2.22. The van der Waals surface area contributed by atoms with Gasteiger partial charge in [-0.25, -0.2) is 4.98 Å². The predicted molar refractivity (Wildman–Crippen MR) is 72.6 cm³/mol. The van der Waals surface area contributed by atoms with Crippen LogP contribution in [0.1, 0.15) is 38.1 Å². The van der Waals surface area contributed by atoms with Crippen molar-refractivity contribution >= 4 is 17.7 Å². The highest BCUT2D eigenvalue weighted by Crippen LogP contribution is 2.23. The number of aromatic nitrogens is 2. The molecule has 1 atom stereocenters. The van der Waals surface area contributed by atoms with Gasteiger partial charge in [0.05, 0.1) is 5.56 Å². The van der Waals surface area contributed by atoms with Gasteiger partial charge in [0.25, 0.3) is 5.91 Å². The molecule has 0 saturated heterocycles. The Kier molecular flexibility index (Phi) is 4.11. The SMILES string of the molecule is CNc1ncc(C(N)=O)c(N[C@H](C)C(C)(C)C)n1. The van der Waals surface area contributed by atoms with Crippen molar-refractivity contribution in [1.82, 2.24) is 9.97 Å². The quantitative estimate of drug-likeness (QED) is 0.753. The Morgan fingerprint density at radius 1 is 1.44 bits per heavy atom. The molecule has 0 aliphatic rings. The molecule has 0 aliphatic heterocycles. The third-order valence-corrected chi connectivity index (χ3v) is 2.93. The topological polar surface area (TPSA) is 92.9 Å². The number of primary amides is 1. The summed E-state index contributed by atoms with van der Waals surface area (Å²) in [4.78, 5) is 19.6. The number of carbonyl (C=O) groups is 1. The smallest absolute Gasteiger partial charge is 0.254 e. The van der Waals surface area contributed by atoms with Gasteiger partial charge in [-0.2, -0.15) is 4.98 Å². The molecule has 1 heterocycles. The molecule has 0 aromatic carbocycles. The van der Waals surface area contributed by atoms with Crippen molar-refractivity contribution in [2.45, 2.75) is 33.7 Å². The molecule has 100 valence electrons. The van der Waals surface area contributed by atoms with Crippen LogP contribution in [0.3, 0.4) is 0 Å². The van der Waals surface area contributed by atoms with Gasteiger partial charge >= 0.3 is 0 Å². The zero-order valence-corrected chi connectivity index (χ0v) is 11.5. The molecule has 4 N–H and O–H groups in total. The number of nitrogens with zero attached hydrogens (tertiary/aromatic N) is 2. The molecule has 0 radical (unpaired) electrons. The maximum Gasteiger partial charge on any atom is 0.254 e. The third-order valence-electron chi connectivity index (χ3n) is 2.93. The molecule has 0 spiro atoms. The molecule has 6 nitrogen and oxygen atoms in total. The number of rotatable bonds is 4. The molecule has 0 bridgehead atoms. The summed E-state index contributed by atoms with van der Waals surface area (Å²) in [5.41, 5.74) is 5.65. The van der Waals surface area contributed by atoms with Gasteiger partial charge < -0.3 is 16.4 Å². The molecule has 6 heteroatoms. The summed E-state index contributed by atoms with van der Waals surface area (Å²) in [6, 6.07) is 0.134. The van der Waals surface area contributed by atoms with E-state index in [-0.39, 0.29) is 11.5 Å². The lowest BCUT2D eigenvalue weighted by molar-refractivity contribution is 0.100. The molecule has 0 unspecified atom stereocenters. The average molecular weight is 251 g/mol. The number of carbonyl (C=O) groups excluding carboxylic acids is 1. The maximum absolute atomic E-state index is 11.3. The summed E-state index contributed by atoms with van der Waals surface area (Å²) in [6.07, 6.45) is 1.43. The monoisotopic (exact) mass is 251 g/mol. The van der Waals surface area contributed by atoms with Crippen LogP contribution in [0, 0.1) is 5.41 Å². The van der Waals surface area contributed by atoms with Crippen molar-refractivity contribution in [1.29, 1.82) is 0 Å². The summed E-state index contributed by atoms with van der Waals surface area (Å²) < 4.78 is 0. The van der Waals surface area contributed by atoms with E-state index >= 15 is 0 Å². The first-order valence-corrected chi connectivity index (χ1v) is 5.87. The fourth-order valence-corrected chi connectivity index (χ4v) is 1.21. The van der Waals surface area contributed by atoms with Crippen LogP contribution in [0.25, 0.3) is 0 Å². The first-order chi connectivity index (χ1) is 8.25. The minimum absolute atomic E-state index is 0.0413. The number of anilines is 2. The molecule has 18 heavy (non-hydrogen) atoms. The van der Waals surface area contributed by atoms with Crippen LogP contribution in [0.15, 0.2) is 6.20 Å². The summed E-state index contributed by atoms with van der Waals surface area (Å²) in [5, 5.41) is 6.05. The Balaban J connectivity index is 3.08. The number of amides is 1. The van der Waals surface area contributed by atoms with E-state index in [9.17, 15) is 4.79 Å². The standard InChI is InChI=1S/C12H21N5O/c1-7(12(2,3)4)16-10-8(9(13)18)6-15-11(14-5)17-10/h6-7H,1-5H3,(H2,13,18)(H2,14,15,16,17)/t7-/m1/s1. The molecule has 1 aromatic heterocycles. The number of hydrogen-bond donors (Lipinski definition) is 3. The highest BCUT2D eigenvalue weighted by atomic mass is 16.1. The second kappa shape index (κ2) is 5.20. The van der Waals surface area contributed by atoms with Crippen molar-refractivity contribution in [3.8, 4) is 0 Å². The summed E-state index contributed by atoms with van der Waals surface area (Å²) in [5.74, 6) is 0.370. The van der Waals surface area contributed by atoms with Crippen LogP contribution < -0.4 is 16.4 Å². The molecule has 0 aliphatic carbocycles. The average Bonchev–Trinajstić information content (AvgIpc) is 2.27. The van der Waals surface area contributed by atoms with Crippen LogP contribution in [0.4, 0.5) is 11.8 Å². The van der Waals surface area contributed by atoms with Crippen LogP contribution in [-0.2, 0) is 0 Å². The van der Waals surface area contributed by atoms with E-state index in [2.05, 4.69) is 41.4 Å². The Hall–Kier alpha value is -1.85. The summed E-state index contributed by atoms with van der Waals surface area (Å²) in [6.45, 7) is 8.35. The second-order valence-electron chi connectivity index (χ2n) is 5.30. The van der Waals surface area contributed by atoms with E-state index in [1.165, 1.54) is 6.20 Å². The Labute approximate surface area is 107 Å². The van der Waals surface area contributed by atoms with Crippen molar-refractivity contribution in [2.24, 2.45) is 11.1 Å². The third kappa shape index (κ3) is 3.32. The van der Waals surface area contributed by atoms with E-state index < -0.39 is 5.91 Å². The lowest BCUT2D eigenvalue weighted by Crippen LogP contribution is -2.32. The van der Waals surface area contributed by atoms with Gasteiger partial charge in [0.2, 0.25) is 5.95 Å². The van der Waals surface area contributed by atoms with Gasteiger partial charge in [0, 0.05) is 19.3 Å². The van der Waals surface area contributed by atoms with Crippen LogP contribution >= 0.6 is 0 Å². The molecule has 1 amide bonds. The first kappa shape index (κ1) is 14.2. The Morgan fingerprint density at radius 2 is 2.06 bits per heavy atom. The minimum atomic E-state index is -0.540. The van der Waals surface area contributed by atoms with Crippen molar-refractivity contribution in [2.75, 3.05) is 17.7 Å². The summed E-state index contributed by atoms with van der Waals surface area (Å²) in [7, 11) is 1.72. The highest BCUT2D eigenvalue weighted by molar-refractivity contribution is 5.97. The van der Waals surface area contributed by atoms with Crippen molar-refractivity contribution in [3.63, 3.8) is 0 Å². The predicted octanol–water partition coefficient (Wildman–Crippen LogP) is 1.46. The number of nitrogens with two attached hydrogens (primary N) is 1. The lowest BCUT2D eigenvalue weighted by Gasteiger charge is -2.29. The van der Waals surface area contributed by atoms with Gasteiger partial charge in [0.1, 0.15) is 5.82 Å². The normalized spacial score (nSPS) is 12.9. The van der Waals surface area contributed by atoms with Gasteiger partial charge in [0.15, 0.2) is 0 Å². The van der Waals surface area contributed by atoms with E-state index in [4.69, 9.17) is 5.73 Å². The minimum Gasteiger partial charge on any atom is -0.366 e. The van der Waals surface area contributed by atoms with E-state index in [0.717, 1.165) is 0 Å². The molecule has 0 saturated carbocycles. The number of nitrogens with one attached hydrogen (secondary N) is 2. The fourth-order valence-electron chi connectivity index (χ4n) is 1.21. The lowest BCUT2D eigenvalue weighted by atomic mass is 9.88. The van der Waals surface area contributed by atoms with E-state index in [1.54, 1.807) is 7.05 Å². The Bertz CT molecular complexity index is 439. The van der Waals surface area contributed by atoms with Gasteiger partial charge in [-0.05, 0) is 12.3 Å². The molecule has 1 rings (SSSR count). The summed E-state index contributed by atoms with van der Waals surface area (Å²) >= 11 is 0. The van der Waals surface area contributed by atoms with Crippen LogP contribution in [-0.4, -0.2) is 29.0 Å². The van der Waals surface area contributed by atoms with Crippen LogP contribution in [0.5, 0.6) is 0 Å². The largest absolute Gasteiger partial charge is 0.366 e. The van der Waals surface area contributed by atoms with Crippen molar-refractivity contribution < 1.29 is 4.79 Å². The maximum atomic E-state index is 11.3. The fraction of sp³-hybridized carbons (Fsp3) is 0.583. The molecular formula is C12H21N5O. The molecule has 0 fully saturated rings. The van der Waals surface area contributed by atoms with Crippen molar-refractivity contribution in [3.05, 3.63) is 11.8 Å². The van der Waals surface area contributed by atoms with E-state index in [1.807, 2.05) is 6.92 Å². The van der Waals surface area contributed by atoms with Gasteiger partial charge in [-0.3, -0.25) is 4.79 Å². The Morgan fingerprint density at radius 3 is 2.50 bits per heavy atom. The zero-order chi connectivity index (χ0) is 13.9. The van der Waals surface area contributed by atoms with Gasteiger partial charge in [-0.1, -0.05) is 20.8 Å². The van der Waals surface area contributed by atoms with Gasteiger partial charge in [-0.15, -0.1) is 0 Å².